The third-order valence-electron chi connectivity index (χ3n) is 5.64. The van der Waals surface area contributed by atoms with Crippen molar-refractivity contribution in [3.05, 3.63) is 83.4 Å². The summed E-state index contributed by atoms with van der Waals surface area (Å²) in [6.45, 7) is 6.50. The molecule has 11 heteroatoms. The third kappa shape index (κ3) is 6.11. The molecule has 0 atom stereocenters. The van der Waals surface area contributed by atoms with Crippen molar-refractivity contribution in [3.8, 4) is 0 Å². The Morgan fingerprint density at radius 1 is 1.14 bits per heavy atom. The highest BCUT2D eigenvalue weighted by Gasteiger charge is 2.31. The number of aromatic nitrogens is 2. The van der Waals surface area contributed by atoms with Crippen molar-refractivity contribution in [2.75, 3.05) is 24.3 Å². The van der Waals surface area contributed by atoms with Gasteiger partial charge >= 0.3 is 6.18 Å². The molecule has 8 nitrogen and oxygen atoms in total. The van der Waals surface area contributed by atoms with E-state index < -0.39 is 17.6 Å². The van der Waals surface area contributed by atoms with Crippen molar-refractivity contribution in [1.29, 1.82) is 0 Å². The first kappa shape index (κ1) is 25.8. The number of hydrogen-bond donors (Lipinski definition) is 3. The summed E-state index contributed by atoms with van der Waals surface area (Å²) in [5.74, 6) is 1.52. The molecule has 0 aliphatic carbocycles. The minimum atomic E-state index is -4.53. The van der Waals surface area contributed by atoms with E-state index in [4.69, 9.17) is 0 Å². The molecule has 0 bridgehead atoms. The third-order valence-corrected chi connectivity index (χ3v) is 5.64. The van der Waals surface area contributed by atoms with Crippen LogP contribution in [-0.2, 0) is 6.18 Å². The minimum absolute atomic E-state index is 0.0849. The number of halogens is 3. The number of imidazole rings is 1. The Balaban J connectivity index is 1.54. The highest BCUT2D eigenvalue weighted by Crippen LogP contribution is 2.30. The van der Waals surface area contributed by atoms with Gasteiger partial charge in [-0.15, -0.1) is 0 Å². The molecule has 0 radical (unpaired) electrons. The lowest BCUT2D eigenvalue weighted by molar-refractivity contribution is -0.137. The van der Waals surface area contributed by atoms with E-state index in [2.05, 4.69) is 39.8 Å². The van der Waals surface area contributed by atoms with Crippen LogP contribution in [0.4, 0.5) is 30.5 Å². The van der Waals surface area contributed by atoms with Crippen LogP contribution in [0.2, 0.25) is 0 Å². The SMILES string of the molecule is Cc1ccc(NC(=O)c2cccc(C(F)(F)F)c2)cc1Nc1nccn1C1=NCN(C)C(NC(C)C)=C1. The zero-order valence-electron chi connectivity index (χ0n) is 20.9. The Morgan fingerprint density at radius 2 is 1.92 bits per heavy atom. The quantitative estimate of drug-likeness (QED) is 0.424. The summed E-state index contributed by atoms with van der Waals surface area (Å²) >= 11 is 0. The van der Waals surface area contributed by atoms with Gasteiger partial charge in [-0.05, 0) is 56.7 Å². The van der Waals surface area contributed by atoms with Crippen molar-refractivity contribution >= 4 is 29.1 Å². The molecule has 1 aliphatic rings. The number of nitrogens with one attached hydrogen (secondary N) is 3. The zero-order chi connectivity index (χ0) is 26.7. The topological polar surface area (TPSA) is 86.6 Å². The van der Waals surface area contributed by atoms with E-state index >= 15 is 0 Å². The van der Waals surface area contributed by atoms with Crippen molar-refractivity contribution < 1.29 is 18.0 Å². The number of amides is 1. The standard InChI is InChI=1S/C26H28F3N7O/c1-16(2)32-23-14-22(31-15-35(23)4)36-11-10-30-25(36)34-21-13-20(9-8-17(21)3)33-24(37)18-6-5-7-19(12-18)26(27,28)29/h5-14,16,32H,15H2,1-4H3,(H,30,34)(H,33,37). The molecule has 3 aromatic rings. The molecule has 1 aliphatic heterocycles. The molecule has 0 fully saturated rings. The first-order valence-electron chi connectivity index (χ1n) is 11.6. The van der Waals surface area contributed by atoms with E-state index in [1.165, 1.54) is 12.1 Å². The van der Waals surface area contributed by atoms with Gasteiger partial charge in [-0.25, -0.2) is 9.98 Å². The Hall–Kier alpha value is -4.28. The molecule has 2 heterocycles. The molecule has 194 valence electrons. The molecule has 1 amide bonds. The van der Waals surface area contributed by atoms with Crippen LogP contribution in [0.5, 0.6) is 0 Å². The molecule has 2 aromatic carbocycles. The largest absolute Gasteiger partial charge is 0.416 e. The average Bonchev–Trinajstić information content (AvgIpc) is 3.30. The van der Waals surface area contributed by atoms with Crippen LogP contribution < -0.4 is 16.0 Å². The van der Waals surface area contributed by atoms with Gasteiger partial charge in [0, 0.05) is 48.5 Å². The first-order chi connectivity index (χ1) is 17.5. The maximum absolute atomic E-state index is 13.0. The van der Waals surface area contributed by atoms with E-state index in [1.807, 2.05) is 29.5 Å². The lowest BCUT2D eigenvalue weighted by Crippen LogP contribution is -2.37. The van der Waals surface area contributed by atoms with Gasteiger partial charge in [0.05, 0.1) is 5.56 Å². The summed E-state index contributed by atoms with van der Waals surface area (Å²) in [5, 5.41) is 9.35. The molecule has 4 rings (SSSR count). The van der Waals surface area contributed by atoms with Gasteiger partial charge in [-0.3, -0.25) is 9.36 Å². The van der Waals surface area contributed by atoms with Gasteiger partial charge in [0.25, 0.3) is 5.91 Å². The van der Waals surface area contributed by atoms with Crippen LogP contribution >= 0.6 is 0 Å². The molecule has 37 heavy (non-hydrogen) atoms. The molecular formula is C26H28F3N7O. The Kier molecular flexibility index (Phi) is 7.23. The first-order valence-corrected chi connectivity index (χ1v) is 11.6. The molecule has 0 spiro atoms. The zero-order valence-corrected chi connectivity index (χ0v) is 20.9. The Morgan fingerprint density at radius 3 is 2.65 bits per heavy atom. The van der Waals surface area contributed by atoms with Crippen molar-refractivity contribution in [3.63, 3.8) is 0 Å². The fourth-order valence-electron chi connectivity index (χ4n) is 3.70. The smallest absolute Gasteiger partial charge is 0.369 e. The second-order valence-corrected chi connectivity index (χ2v) is 8.99. The number of hydrogen-bond acceptors (Lipinski definition) is 6. The number of aliphatic imine (C=N–C) groups is 1. The van der Waals surface area contributed by atoms with Crippen molar-refractivity contribution in [1.82, 2.24) is 19.8 Å². The summed E-state index contributed by atoms with van der Waals surface area (Å²) < 4.78 is 40.9. The summed E-state index contributed by atoms with van der Waals surface area (Å²) in [4.78, 5) is 23.7. The lowest BCUT2D eigenvalue weighted by atomic mass is 10.1. The van der Waals surface area contributed by atoms with Gasteiger partial charge in [-0.2, -0.15) is 13.2 Å². The Labute approximate surface area is 212 Å². The molecule has 3 N–H and O–H groups in total. The van der Waals surface area contributed by atoms with Gasteiger partial charge in [-0.1, -0.05) is 12.1 Å². The minimum Gasteiger partial charge on any atom is -0.369 e. The van der Waals surface area contributed by atoms with Crippen LogP contribution in [0.25, 0.3) is 0 Å². The van der Waals surface area contributed by atoms with Crippen molar-refractivity contribution in [2.45, 2.75) is 33.0 Å². The van der Waals surface area contributed by atoms with E-state index in [1.54, 1.807) is 30.6 Å². The van der Waals surface area contributed by atoms with Crippen LogP contribution in [0.3, 0.4) is 0 Å². The van der Waals surface area contributed by atoms with E-state index in [9.17, 15) is 18.0 Å². The number of benzene rings is 2. The average molecular weight is 512 g/mol. The summed E-state index contributed by atoms with van der Waals surface area (Å²) in [5.41, 5.74) is 1.02. The van der Waals surface area contributed by atoms with E-state index in [-0.39, 0.29) is 11.6 Å². The maximum atomic E-state index is 13.0. The van der Waals surface area contributed by atoms with Gasteiger partial charge in [0.15, 0.2) is 0 Å². The number of aryl methyl sites for hydroxylation is 1. The Bertz CT molecular complexity index is 1360. The number of alkyl halides is 3. The number of nitrogens with zero attached hydrogens (tertiary/aromatic N) is 4. The summed E-state index contributed by atoms with van der Waals surface area (Å²) in [7, 11) is 1.96. The van der Waals surface area contributed by atoms with Crippen molar-refractivity contribution in [2.24, 2.45) is 4.99 Å². The number of allylic oxidation sites excluding steroid dienone is 1. The van der Waals surface area contributed by atoms with Crippen LogP contribution in [0.15, 0.2) is 71.7 Å². The normalized spacial score (nSPS) is 13.8. The fraction of sp³-hybridized carbons (Fsp3) is 0.269. The van der Waals surface area contributed by atoms with E-state index in [0.29, 0.717) is 29.8 Å². The molecule has 0 saturated carbocycles. The lowest BCUT2D eigenvalue weighted by Gasteiger charge is -2.28. The molecule has 0 unspecified atom stereocenters. The molecular weight excluding hydrogens is 483 g/mol. The highest BCUT2D eigenvalue weighted by atomic mass is 19.4. The number of carbonyl (C=O) groups excluding carboxylic acids is 1. The van der Waals surface area contributed by atoms with Gasteiger partial charge < -0.3 is 20.9 Å². The summed E-state index contributed by atoms with van der Waals surface area (Å²) in [6, 6.07) is 9.76. The number of anilines is 3. The monoisotopic (exact) mass is 511 g/mol. The second-order valence-electron chi connectivity index (χ2n) is 8.99. The maximum Gasteiger partial charge on any atom is 0.416 e. The van der Waals surface area contributed by atoms with Crippen LogP contribution in [0.1, 0.15) is 35.3 Å². The number of rotatable bonds is 6. The fourth-order valence-corrected chi connectivity index (χ4v) is 3.70. The predicted molar refractivity (Wildman–Crippen MR) is 138 cm³/mol. The highest BCUT2D eigenvalue weighted by molar-refractivity contribution is 6.04. The van der Waals surface area contributed by atoms with Crippen LogP contribution in [-0.4, -0.2) is 46.0 Å². The molecule has 0 saturated heterocycles. The summed E-state index contributed by atoms with van der Waals surface area (Å²) in [6.07, 6.45) is 0.860. The second kappa shape index (κ2) is 10.4. The predicted octanol–water partition coefficient (Wildman–Crippen LogP) is 5.20. The van der Waals surface area contributed by atoms with Gasteiger partial charge in [0.1, 0.15) is 18.3 Å². The van der Waals surface area contributed by atoms with E-state index in [0.717, 1.165) is 23.5 Å². The van der Waals surface area contributed by atoms with Crippen LogP contribution in [0, 0.1) is 6.92 Å². The number of carbonyl (C=O) groups is 1. The van der Waals surface area contributed by atoms with Gasteiger partial charge in [0.2, 0.25) is 5.95 Å². The molecule has 1 aromatic heterocycles.